The Morgan fingerprint density at radius 2 is 1.81 bits per heavy atom. The summed E-state index contributed by atoms with van der Waals surface area (Å²) in [5.41, 5.74) is -1.36. The molecule has 0 aromatic heterocycles. The molecule has 4 nitrogen and oxygen atoms in total. The molecule has 2 aromatic carbocycles. The second kappa shape index (κ2) is 5.29. The highest BCUT2D eigenvalue weighted by Crippen LogP contribution is 2.34. The van der Waals surface area contributed by atoms with Crippen LogP contribution in [0.15, 0.2) is 42.5 Å². The zero-order valence-corrected chi connectivity index (χ0v) is 11.0. The Kier molecular flexibility index (Phi) is 3.68. The summed E-state index contributed by atoms with van der Waals surface area (Å²) < 4.78 is 27.1. The van der Waals surface area contributed by atoms with Crippen LogP contribution >= 0.6 is 0 Å². The number of halogens is 2. The Labute approximate surface area is 119 Å². The van der Waals surface area contributed by atoms with Crippen LogP contribution in [0.25, 0.3) is 0 Å². The van der Waals surface area contributed by atoms with Crippen molar-refractivity contribution in [1.29, 1.82) is 5.26 Å². The smallest absolute Gasteiger partial charge is 0.258 e. The van der Waals surface area contributed by atoms with Gasteiger partial charge in [-0.15, -0.1) is 0 Å². The van der Waals surface area contributed by atoms with Gasteiger partial charge in [-0.25, -0.2) is 8.78 Å². The molecule has 0 aliphatic carbocycles. The fourth-order valence-corrected chi connectivity index (χ4v) is 2.09. The van der Waals surface area contributed by atoms with Crippen molar-refractivity contribution in [2.75, 3.05) is 0 Å². The molecule has 0 bridgehead atoms. The second-order valence-electron chi connectivity index (χ2n) is 4.66. The molecule has 0 aliphatic rings. The minimum Gasteiger partial charge on any atom is -0.258 e. The van der Waals surface area contributed by atoms with Crippen LogP contribution in [0.5, 0.6) is 0 Å². The van der Waals surface area contributed by atoms with E-state index < -0.39 is 27.7 Å². The number of hydrogen-bond donors (Lipinski definition) is 0. The largest absolute Gasteiger partial charge is 0.272 e. The van der Waals surface area contributed by atoms with E-state index in [1.807, 2.05) is 6.07 Å². The van der Waals surface area contributed by atoms with Crippen LogP contribution in [0.3, 0.4) is 0 Å². The van der Waals surface area contributed by atoms with Crippen molar-refractivity contribution in [3.8, 4) is 6.07 Å². The number of rotatable bonds is 3. The Balaban J connectivity index is 2.58. The number of benzene rings is 2. The van der Waals surface area contributed by atoms with Gasteiger partial charge in [0, 0.05) is 11.6 Å². The summed E-state index contributed by atoms with van der Waals surface area (Å²) in [6.45, 7) is 1.48. The van der Waals surface area contributed by atoms with Crippen molar-refractivity contribution in [2.24, 2.45) is 0 Å². The standard InChI is InChI=1S/C15H10F2N2O2/c1-15(9-18,10-2-4-11(16)5-3-10)13-7-6-12(19(20)21)8-14(13)17/h2-8H,1H3. The zero-order chi connectivity index (χ0) is 15.6. The molecular formula is C15H10F2N2O2. The highest BCUT2D eigenvalue weighted by Gasteiger charge is 2.32. The van der Waals surface area contributed by atoms with E-state index in [0.717, 1.165) is 12.1 Å². The summed E-state index contributed by atoms with van der Waals surface area (Å²) in [7, 11) is 0. The van der Waals surface area contributed by atoms with Crippen molar-refractivity contribution < 1.29 is 13.7 Å². The number of nitro benzene ring substituents is 1. The Hall–Kier alpha value is -2.81. The average molecular weight is 288 g/mol. The maximum atomic E-state index is 14.1. The molecular weight excluding hydrogens is 278 g/mol. The summed E-state index contributed by atoms with van der Waals surface area (Å²) in [4.78, 5) is 9.91. The van der Waals surface area contributed by atoms with Gasteiger partial charge in [-0.05, 0) is 30.7 Å². The lowest BCUT2D eigenvalue weighted by atomic mass is 9.77. The Bertz CT molecular complexity index is 738. The maximum absolute atomic E-state index is 14.1. The number of non-ortho nitro benzene ring substituents is 1. The molecule has 6 heteroatoms. The van der Waals surface area contributed by atoms with Gasteiger partial charge in [0.15, 0.2) is 0 Å². The number of nitrogens with zero attached hydrogens (tertiary/aromatic N) is 2. The first-order valence-electron chi connectivity index (χ1n) is 6.00. The first-order valence-corrected chi connectivity index (χ1v) is 6.00. The number of hydrogen-bond acceptors (Lipinski definition) is 3. The van der Waals surface area contributed by atoms with Crippen molar-refractivity contribution >= 4 is 5.69 Å². The lowest BCUT2D eigenvalue weighted by Crippen LogP contribution is -2.23. The summed E-state index contributed by atoms with van der Waals surface area (Å²) in [5, 5.41) is 20.0. The van der Waals surface area contributed by atoms with Crippen molar-refractivity contribution in [3.63, 3.8) is 0 Å². The van der Waals surface area contributed by atoms with Crippen LogP contribution in [0.2, 0.25) is 0 Å². The van der Waals surface area contributed by atoms with E-state index in [1.54, 1.807) is 0 Å². The van der Waals surface area contributed by atoms with E-state index in [9.17, 15) is 24.2 Å². The topological polar surface area (TPSA) is 66.9 Å². The van der Waals surface area contributed by atoms with Crippen molar-refractivity contribution in [3.05, 3.63) is 75.3 Å². The first kappa shape index (κ1) is 14.6. The highest BCUT2D eigenvalue weighted by molar-refractivity contribution is 5.48. The quantitative estimate of drug-likeness (QED) is 0.638. The van der Waals surface area contributed by atoms with Gasteiger partial charge in [0.05, 0.1) is 17.1 Å². The molecule has 0 fully saturated rings. The van der Waals surface area contributed by atoms with Crippen LogP contribution in [-0.4, -0.2) is 4.92 Å². The average Bonchev–Trinajstić information content (AvgIpc) is 2.47. The second-order valence-corrected chi connectivity index (χ2v) is 4.66. The minimum absolute atomic E-state index is 0.00204. The molecule has 0 saturated carbocycles. The predicted molar refractivity (Wildman–Crippen MR) is 71.5 cm³/mol. The van der Waals surface area contributed by atoms with Gasteiger partial charge < -0.3 is 0 Å². The van der Waals surface area contributed by atoms with Gasteiger partial charge in [-0.1, -0.05) is 12.1 Å². The first-order chi connectivity index (χ1) is 9.88. The molecule has 2 rings (SSSR count). The summed E-state index contributed by atoms with van der Waals surface area (Å²) in [6, 6.07) is 10.2. The van der Waals surface area contributed by atoms with E-state index >= 15 is 0 Å². The third-order valence-electron chi connectivity index (χ3n) is 3.35. The van der Waals surface area contributed by atoms with E-state index in [-0.39, 0.29) is 5.56 Å². The highest BCUT2D eigenvalue weighted by atomic mass is 19.1. The molecule has 1 atom stereocenters. The van der Waals surface area contributed by atoms with Gasteiger partial charge >= 0.3 is 0 Å². The van der Waals surface area contributed by atoms with Crippen LogP contribution in [0.4, 0.5) is 14.5 Å². The minimum atomic E-state index is -1.37. The van der Waals surface area contributed by atoms with Gasteiger partial charge in [-0.3, -0.25) is 10.1 Å². The van der Waals surface area contributed by atoms with Crippen molar-refractivity contribution in [2.45, 2.75) is 12.3 Å². The van der Waals surface area contributed by atoms with Gasteiger partial charge in [0.25, 0.3) is 5.69 Å². The zero-order valence-electron chi connectivity index (χ0n) is 11.0. The fourth-order valence-electron chi connectivity index (χ4n) is 2.09. The molecule has 21 heavy (non-hydrogen) atoms. The third kappa shape index (κ3) is 2.58. The number of nitriles is 1. The normalized spacial score (nSPS) is 13.2. The third-order valence-corrected chi connectivity index (χ3v) is 3.35. The van der Waals surface area contributed by atoms with E-state index in [2.05, 4.69) is 0 Å². The van der Waals surface area contributed by atoms with E-state index in [1.165, 1.54) is 37.3 Å². The summed E-state index contributed by atoms with van der Waals surface area (Å²) in [6.07, 6.45) is 0. The SMILES string of the molecule is CC(C#N)(c1ccc(F)cc1)c1ccc([N+](=O)[O-])cc1F. The van der Waals surface area contributed by atoms with E-state index in [4.69, 9.17) is 0 Å². The van der Waals surface area contributed by atoms with Gasteiger partial charge in [-0.2, -0.15) is 5.26 Å². The lowest BCUT2D eigenvalue weighted by molar-refractivity contribution is -0.385. The van der Waals surface area contributed by atoms with Gasteiger partial charge in [0.1, 0.15) is 17.0 Å². The molecule has 0 radical (unpaired) electrons. The molecule has 0 spiro atoms. The molecule has 106 valence electrons. The maximum Gasteiger partial charge on any atom is 0.272 e. The van der Waals surface area contributed by atoms with Crippen LogP contribution < -0.4 is 0 Å². The number of nitro groups is 1. The molecule has 0 N–H and O–H groups in total. The molecule has 0 saturated heterocycles. The fraction of sp³-hybridized carbons (Fsp3) is 0.133. The van der Waals surface area contributed by atoms with Crippen LogP contribution in [0.1, 0.15) is 18.1 Å². The Morgan fingerprint density at radius 3 is 2.29 bits per heavy atom. The molecule has 1 unspecified atom stereocenters. The lowest BCUT2D eigenvalue weighted by Gasteiger charge is -2.23. The molecule has 0 amide bonds. The summed E-state index contributed by atoms with van der Waals surface area (Å²) >= 11 is 0. The Morgan fingerprint density at radius 1 is 1.19 bits per heavy atom. The molecule has 2 aromatic rings. The van der Waals surface area contributed by atoms with Crippen molar-refractivity contribution in [1.82, 2.24) is 0 Å². The van der Waals surface area contributed by atoms with E-state index in [0.29, 0.717) is 5.56 Å². The molecule has 0 heterocycles. The summed E-state index contributed by atoms with van der Waals surface area (Å²) in [5.74, 6) is -1.32. The predicted octanol–water partition coefficient (Wildman–Crippen LogP) is 3.70. The molecule has 0 aliphatic heterocycles. The van der Waals surface area contributed by atoms with Crippen LogP contribution in [0, 0.1) is 33.1 Å². The monoisotopic (exact) mass is 288 g/mol. The van der Waals surface area contributed by atoms with Crippen LogP contribution in [-0.2, 0) is 5.41 Å². The van der Waals surface area contributed by atoms with Gasteiger partial charge in [0.2, 0.25) is 0 Å².